The van der Waals surface area contributed by atoms with Crippen LogP contribution in [0.5, 0.6) is 5.75 Å². The zero-order valence-electron chi connectivity index (χ0n) is 14.3. The van der Waals surface area contributed by atoms with Crippen LogP contribution in [-0.4, -0.2) is 26.1 Å². The summed E-state index contributed by atoms with van der Waals surface area (Å²) in [6.45, 7) is 4.29. The third kappa shape index (κ3) is 3.88. The first kappa shape index (κ1) is 16.4. The molecule has 0 bridgehead atoms. The molecule has 1 heterocycles. The average molecular weight is 324 g/mol. The fraction of sp³-hybridized carbons (Fsp3) is 0.350. The molecule has 4 heteroatoms. The largest absolute Gasteiger partial charge is 0.497 e. The van der Waals surface area contributed by atoms with E-state index in [1.54, 1.807) is 7.11 Å². The number of hydrogen-bond donors (Lipinski definition) is 1. The molecular weight excluding hydrogens is 300 g/mol. The van der Waals surface area contributed by atoms with E-state index in [2.05, 4.69) is 22.3 Å². The summed E-state index contributed by atoms with van der Waals surface area (Å²) in [5.74, 6) is 0.756. The molecule has 1 aliphatic rings. The number of aryl methyl sites for hydroxylation is 1. The van der Waals surface area contributed by atoms with E-state index < -0.39 is 0 Å². The minimum absolute atomic E-state index is 0.0136. The van der Waals surface area contributed by atoms with Gasteiger partial charge in [0.15, 0.2) is 0 Å². The van der Waals surface area contributed by atoms with Crippen molar-refractivity contribution < 1.29 is 9.53 Å². The van der Waals surface area contributed by atoms with Gasteiger partial charge in [-0.25, -0.2) is 0 Å². The molecule has 0 unspecified atom stereocenters. The van der Waals surface area contributed by atoms with Gasteiger partial charge in [-0.1, -0.05) is 12.1 Å². The summed E-state index contributed by atoms with van der Waals surface area (Å²) in [6, 6.07) is 13.9. The standard InChI is InChI=1S/C20H24N2O2/c1-15-12-17(22-10-3-4-11-22)8-9-19(15)21-20(23)14-16-6-5-7-18(13-16)24-2/h5-9,12-13H,3-4,10-11,14H2,1-2H3,(H,21,23). The van der Waals surface area contributed by atoms with Gasteiger partial charge in [0.05, 0.1) is 13.5 Å². The number of anilines is 2. The third-order valence-electron chi connectivity index (χ3n) is 4.45. The molecule has 4 nitrogen and oxygen atoms in total. The Morgan fingerprint density at radius 3 is 2.67 bits per heavy atom. The predicted molar refractivity (Wildman–Crippen MR) is 98.0 cm³/mol. The first-order chi connectivity index (χ1) is 11.7. The van der Waals surface area contributed by atoms with E-state index in [1.807, 2.05) is 37.3 Å². The van der Waals surface area contributed by atoms with Crippen LogP contribution in [0.1, 0.15) is 24.0 Å². The highest BCUT2D eigenvalue weighted by Gasteiger charge is 2.14. The van der Waals surface area contributed by atoms with E-state index >= 15 is 0 Å². The Morgan fingerprint density at radius 1 is 1.17 bits per heavy atom. The van der Waals surface area contributed by atoms with E-state index in [9.17, 15) is 4.79 Å². The Hall–Kier alpha value is -2.49. The number of ether oxygens (including phenoxy) is 1. The summed E-state index contributed by atoms with van der Waals surface area (Å²) in [7, 11) is 1.63. The van der Waals surface area contributed by atoms with Gasteiger partial charge in [-0.2, -0.15) is 0 Å². The molecule has 2 aromatic rings. The number of benzene rings is 2. The molecule has 0 aliphatic carbocycles. The van der Waals surface area contributed by atoms with Crippen molar-refractivity contribution in [3.8, 4) is 5.75 Å². The van der Waals surface area contributed by atoms with Crippen LogP contribution in [0, 0.1) is 6.92 Å². The Balaban J connectivity index is 1.65. The number of carbonyl (C=O) groups is 1. The van der Waals surface area contributed by atoms with Crippen molar-refractivity contribution in [1.82, 2.24) is 0 Å². The number of hydrogen-bond acceptors (Lipinski definition) is 3. The second-order valence-electron chi connectivity index (χ2n) is 6.27. The van der Waals surface area contributed by atoms with Crippen molar-refractivity contribution in [2.75, 3.05) is 30.4 Å². The smallest absolute Gasteiger partial charge is 0.228 e. The number of nitrogens with zero attached hydrogens (tertiary/aromatic N) is 1. The van der Waals surface area contributed by atoms with Crippen LogP contribution in [-0.2, 0) is 11.2 Å². The van der Waals surface area contributed by atoms with Crippen LogP contribution in [0.4, 0.5) is 11.4 Å². The number of methoxy groups -OCH3 is 1. The van der Waals surface area contributed by atoms with Gasteiger partial charge in [-0.05, 0) is 61.2 Å². The maximum absolute atomic E-state index is 12.3. The molecule has 0 spiro atoms. The van der Waals surface area contributed by atoms with Crippen LogP contribution in [0.25, 0.3) is 0 Å². The summed E-state index contributed by atoms with van der Waals surface area (Å²) in [5.41, 5.74) is 4.17. The molecule has 126 valence electrons. The van der Waals surface area contributed by atoms with E-state index in [-0.39, 0.29) is 5.91 Å². The predicted octanol–water partition coefficient (Wildman–Crippen LogP) is 3.79. The molecule has 1 N–H and O–H groups in total. The quantitative estimate of drug-likeness (QED) is 0.910. The minimum Gasteiger partial charge on any atom is -0.497 e. The highest BCUT2D eigenvalue weighted by atomic mass is 16.5. The minimum atomic E-state index is -0.0136. The molecule has 0 radical (unpaired) electrons. The fourth-order valence-electron chi connectivity index (χ4n) is 3.12. The van der Waals surface area contributed by atoms with Crippen LogP contribution < -0.4 is 15.0 Å². The first-order valence-corrected chi connectivity index (χ1v) is 8.44. The van der Waals surface area contributed by atoms with Gasteiger partial charge in [-0.15, -0.1) is 0 Å². The fourth-order valence-corrected chi connectivity index (χ4v) is 3.12. The molecule has 2 aromatic carbocycles. The number of amides is 1. The topological polar surface area (TPSA) is 41.6 Å². The molecular formula is C20H24N2O2. The van der Waals surface area contributed by atoms with Crippen LogP contribution in [0.15, 0.2) is 42.5 Å². The molecule has 1 amide bonds. The zero-order valence-corrected chi connectivity index (χ0v) is 14.3. The number of rotatable bonds is 5. The Bertz CT molecular complexity index is 721. The molecule has 0 aromatic heterocycles. The van der Waals surface area contributed by atoms with Gasteiger partial charge in [0.1, 0.15) is 5.75 Å². The van der Waals surface area contributed by atoms with Crippen molar-refractivity contribution in [1.29, 1.82) is 0 Å². The van der Waals surface area contributed by atoms with E-state index in [4.69, 9.17) is 4.74 Å². The third-order valence-corrected chi connectivity index (χ3v) is 4.45. The summed E-state index contributed by atoms with van der Waals surface area (Å²) < 4.78 is 5.20. The zero-order chi connectivity index (χ0) is 16.9. The van der Waals surface area contributed by atoms with Crippen molar-refractivity contribution >= 4 is 17.3 Å². The summed E-state index contributed by atoms with van der Waals surface area (Å²) in [5, 5.41) is 3.02. The van der Waals surface area contributed by atoms with Crippen LogP contribution in [0.3, 0.4) is 0 Å². The lowest BCUT2D eigenvalue weighted by molar-refractivity contribution is -0.115. The summed E-state index contributed by atoms with van der Waals surface area (Å²) >= 11 is 0. The van der Waals surface area contributed by atoms with Crippen LogP contribution in [0.2, 0.25) is 0 Å². The Morgan fingerprint density at radius 2 is 1.96 bits per heavy atom. The first-order valence-electron chi connectivity index (χ1n) is 8.44. The van der Waals surface area contributed by atoms with Gasteiger partial charge < -0.3 is 15.0 Å². The normalized spacial score (nSPS) is 13.8. The van der Waals surface area contributed by atoms with Gasteiger partial charge >= 0.3 is 0 Å². The van der Waals surface area contributed by atoms with E-state index in [1.165, 1.54) is 18.5 Å². The van der Waals surface area contributed by atoms with Gasteiger partial charge in [0.25, 0.3) is 0 Å². The number of carbonyl (C=O) groups excluding carboxylic acids is 1. The summed E-state index contributed by atoms with van der Waals surface area (Å²) in [6.07, 6.45) is 2.86. The van der Waals surface area contributed by atoms with Gasteiger partial charge in [-0.3, -0.25) is 4.79 Å². The van der Waals surface area contributed by atoms with E-state index in [0.717, 1.165) is 35.7 Å². The second-order valence-corrected chi connectivity index (χ2v) is 6.27. The van der Waals surface area contributed by atoms with Crippen LogP contribution >= 0.6 is 0 Å². The Kier molecular flexibility index (Phi) is 5.04. The van der Waals surface area contributed by atoms with Crippen molar-refractivity contribution in [2.45, 2.75) is 26.2 Å². The molecule has 24 heavy (non-hydrogen) atoms. The monoisotopic (exact) mass is 324 g/mol. The SMILES string of the molecule is COc1cccc(CC(=O)Nc2ccc(N3CCCC3)cc2C)c1. The molecule has 0 atom stereocenters. The van der Waals surface area contributed by atoms with Crippen molar-refractivity contribution in [2.24, 2.45) is 0 Å². The van der Waals surface area contributed by atoms with E-state index in [0.29, 0.717) is 6.42 Å². The lowest BCUT2D eigenvalue weighted by Gasteiger charge is -2.19. The molecule has 3 rings (SSSR count). The second kappa shape index (κ2) is 7.39. The highest BCUT2D eigenvalue weighted by Crippen LogP contribution is 2.25. The summed E-state index contributed by atoms with van der Waals surface area (Å²) in [4.78, 5) is 14.7. The van der Waals surface area contributed by atoms with Crippen molar-refractivity contribution in [3.05, 3.63) is 53.6 Å². The maximum Gasteiger partial charge on any atom is 0.228 e. The molecule has 1 aliphatic heterocycles. The van der Waals surface area contributed by atoms with Gasteiger partial charge in [0, 0.05) is 24.5 Å². The average Bonchev–Trinajstić information content (AvgIpc) is 3.11. The lowest BCUT2D eigenvalue weighted by Crippen LogP contribution is -2.18. The maximum atomic E-state index is 12.3. The molecule has 1 saturated heterocycles. The molecule has 1 fully saturated rings. The number of nitrogens with one attached hydrogen (secondary N) is 1. The lowest BCUT2D eigenvalue weighted by atomic mass is 10.1. The van der Waals surface area contributed by atoms with Crippen molar-refractivity contribution in [3.63, 3.8) is 0 Å². The Labute approximate surface area is 143 Å². The highest BCUT2D eigenvalue weighted by molar-refractivity contribution is 5.93. The molecule has 0 saturated carbocycles. The van der Waals surface area contributed by atoms with Gasteiger partial charge in [0.2, 0.25) is 5.91 Å².